The molecule has 0 aliphatic carbocycles. The Morgan fingerprint density at radius 1 is 1.20 bits per heavy atom. The number of nitrogens with zero attached hydrogens (tertiary/aromatic N) is 2. The zero-order chi connectivity index (χ0) is 11.3. The maximum absolute atomic E-state index is 11.7. The minimum absolute atomic E-state index is 0.0807. The molecule has 0 saturated carbocycles. The molecule has 1 amide bonds. The van der Waals surface area contributed by atoms with E-state index in [1.807, 2.05) is 13.8 Å². The number of amides is 1. The van der Waals surface area contributed by atoms with Crippen LogP contribution in [0.15, 0.2) is 0 Å². The lowest BCUT2D eigenvalue weighted by Gasteiger charge is -2.32. The van der Waals surface area contributed by atoms with Crippen LogP contribution in [0.4, 0.5) is 4.79 Å². The van der Waals surface area contributed by atoms with Crippen molar-refractivity contribution < 1.29 is 9.53 Å². The van der Waals surface area contributed by atoms with Crippen molar-refractivity contribution in [3.05, 3.63) is 0 Å². The summed E-state index contributed by atoms with van der Waals surface area (Å²) in [4.78, 5) is 15.7. The molecular formula is C11H22N2O2. The highest BCUT2D eigenvalue weighted by molar-refractivity contribution is 5.67. The zero-order valence-corrected chi connectivity index (χ0v) is 10.0. The number of hydrogen-bond acceptors (Lipinski definition) is 3. The molecule has 1 rings (SSSR count). The Labute approximate surface area is 92.2 Å². The van der Waals surface area contributed by atoms with Gasteiger partial charge in [-0.2, -0.15) is 0 Å². The standard InChI is InChI=1S/C11H22N2O2/c1-4-10(5-2)15-11(14)13-8-6-12(3)7-9-13/h10H,4-9H2,1-3H3. The normalized spacial score (nSPS) is 18.3. The van der Waals surface area contributed by atoms with Gasteiger partial charge in [-0.3, -0.25) is 0 Å². The van der Waals surface area contributed by atoms with E-state index in [0.717, 1.165) is 39.0 Å². The first-order valence-corrected chi connectivity index (χ1v) is 5.81. The van der Waals surface area contributed by atoms with Gasteiger partial charge in [-0.1, -0.05) is 13.8 Å². The SMILES string of the molecule is CCC(CC)OC(=O)N1CCN(C)CC1. The van der Waals surface area contributed by atoms with Crippen molar-refractivity contribution in [1.82, 2.24) is 9.80 Å². The lowest BCUT2D eigenvalue weighted by Crippen LogP contribution is -2.47. The number of piperazine rings is 1. The highest BCUT2D eigenvalue weighted by Gasteiger charge is 2.21. The van der Waals surface area contributed by atoms with E-state index in [2.05, 4.69) is 11.9 Å². The Balaban J connectivity index is 2.33. The van der Waals surface area contributed by atoms with E-state index in [9.17, 15) is 4.79 Å². The van der Waals surface area contributed by atoms with Gasteiger partial charge in [0.15, 0.2) is 0 Å². The smallest absolute Gasteiger partial charge is 0.410 e. The van der Waals surface area contributed by atoms with Gasteiger partial charge < -0.3 is 14.5 Å². The summed E-state index contributed by atoms with van der Waals surface area (Å²) in [7, 11) is 2.07. The lowest BCUT2D eigenvalue weighted by molar-refractivity contribution is 0.0466. The van der Waals surface area contributed by atoms with Crippen LogP contribution < -0.4 is 0 Å². The summed E-state index contributed by atoms with van der Waals surface area (Å²) in [6, 6.07) is 0. The van der Waals surface area contributed by atoms with Crippen LogP contribution in [-0.4, -0.2) is 55.2 Å². The van der Waals surface area contributed by atoms with Crippen molar-refractivity contribution in [2.75, 3.05) is 33.2 Å². The molecule has 0 unspecified atom stereocenters. The molecule has 4 heteroatoms. The quantitative estimate of drug-likeness (QED) is 0.714. The van der Waals surface area contributed by atoms with Crippen LogP contribution in [0.25, 0.3) is 0 Å². The van der Waals surface area contributed by atoms with Gasteiger partial charge in [-0.15, -0.1) is 0 Å². The predicted octanol–water partition coefficient (Wildman–Crippen LogP) is 1.56. The number of rotatable bonds is 3. The van der Waals surface area contributed by atoms with Gasteiger partial charge in [0.1, 0.15) is 6.10 Å². The first-order valence-electron chi connectivity index (χ1n) is 5.81. The minimum atomic E-state index is -0.142. The Hall–Kier alpha value is -0.770. The van der Waals surface area contributed by atoms with E-state index >= 15 is 0 Å². The molecule has 0 atom stereocenters. The van der Waals surface area contributed by atoms with Crippen LogP contribution in [-0.2, 0) is 4.74 Å². The molecule has 15 heavy (non-hydrogen) atoms. The van der Waals surface area contributed by atoms with Gasteiger partial charge in [0.05, 0.1) is 0 Å². The minimum Gasteiger partial charge on any atom is -0.446 e. The van der Waals surface area contributed by atoms with Crippen LogP contribution in [0.5, 0.6) is 0 Å². The first kappa shape index (κ1) is 12.3. The van der Waals surface area contributed by atoms with Crippen molar-refractivity contribution in [2.45, 2.75) is 32.8 Å². The summed E-state index contributed by atoms with van der Waals surface area (Å²) in [6.45, 7) is 7.55. The van der Waals surface area contributed by atoms with E-state index in [1.165, 1.54) is 0 Å². The third kappa shape index (κ3) is 3.70. The third-order valence-electron chi connectivity index (χ3n) is 2.94. The average Bonchev–Trinajstić information content (AvgIpc) is 2.26. The summed E-state index contributed by atoms with van der Waals surface area (Å²) < 4.78 is 5.39. The molecule has 0 aromatic carbocycles. The molecule has 0 aromatic heterocycles. The van der Waals surface area contributed by atoms with Crippen molar-refractivity contribution in [2.24, 2.45) is 0 Å². The van der Waals surface area contributed by atoms with Crippen LogP contribution in [0, 0.1) is 0 Å². The molecule has 0 aromatic rings. The maximum Gasteiger partial charge on any atom is 0.410 e. The number of hydrogen-bond donors (Lipinski definition) is 0. The van der Waals surface area contributed by atoms with Gasteiger partial charge in [-0.25, -0.2) is 4.79 Å². The second-order valence-corrected chi connectivity index (χ2v) is 4.11. The molecule has 88 valence electrons. The summed E-state index contributed by atoms with van der Waals surface area (Å²) in [5, 5.41) is 0. The Morgan fingerprint density at radius 3 is 2.20 bits per heavy atom. The van der Waals surface area contributed by atoms with Crippen LogP contribution in [0.2, 0.25) is 0 Å². The van der Waals surface area contributed by atoms with E-state index in [-0.39, 0.29) is 12.2 Å². The largest absolute Gasteiger partial charge is 0.446 e. The summed E-state index contributed by atoms with van der Waals surface area (Å²) in [6.07, 6.45) is 1.74. The molecule has 4 nitrogen and oxygen atoms in total. The van der Waals surface area contributed by atoms with Crippen LogP contribution >= 0.6 is 0 Å². The Kier molecular flexibility index (Phi) is 4.88. The molecule has 1 fully saturated rings. The molecule has 1 aliphatic heterocycles. The predicted molar refractivity (Wildman–Crippen MR) is 59.9 cm³/mol. The third-order valence-corrected chi connectivity index (χ3v) is 2.94. The van der Waals surface area contributed by atoms with Crippen molar-refractivity contribution in [3.8, 4) is 0 Å². The number of carbonyl (C=O) groups excluding carboxylic acids is 1. The second-order valence-electron chi connectivity index (χ2n) is 4.11. The van der Waals surface area contributed by atoms with Crippen molar-refractivity contribution in [1.29, 1.82) is 0 Å². The summed E-state index contributed by atoms with van der Waals surface area (Å²) >= 11 is 0. The molecule has 0 radical (unpaired) electrons. The van der Waals surface area contributed by atoms with Gasteiger partial charge in [0, 0.05) is 26.2 Å². The number of carbonyl (C=O) groups is 1. The fourth-order valence-corrected chi connectivity index (χ4v) is 1.66. The topological polar surface area (TPSA) is 32.8 Å². The van der Waals surface area contributed by atoms with Gasteiger partial charge in [-0.05, 0) is 19.9 Å². The lowest BCUT2D eigenvalue weighted by atomic mass is 10.2. The van der Waals surface area contributed by atoms with Gasteiger partial charge in [0.2, 0.25) is 0 Å². The second kappa shape index (κ2) is 5.95. The van der Waals surface area contributed by atoms with Crippen molar-refractivity contribution >= 4 is 6.09 Å². The van der Waals surface area contributed by atoms with Crippen LogP contribution in [0.1, 0.15) is 26.7 Å². The maximum atomic E-state index is 11.7. The summed E-state index contributed by atoms with van der Waals surface area (Å²) in [5.41, 5.74) is 0. The summed E-state index contributed by atoms with van der Waals surface area (Å²) in [5.74, 6) is 0. The number of likely N-dealkylation sites (N-methyl/N-ethyl adjacent to an activating group) is 1. The molecule has 0 N–H and O–H groups in total. The highest BCUT2D eigenvalue weighted by atomic mass is 16.6. The van der Waals surface area contributed by atoms with E-state index < -0.39 is 0 Å². The fourth-order valence-electron chi connectivity index (χ4n) is 1.66. The molecule has 0 spiro atoms. The van der Waals surface area contributed by atoms with E-state index in [0.29, 0.717) is 0 Å². The molecular weight excluding hydrogens is 192 g/mol. The fraction of sp³-hybridized carbons (Fsp3) is 0.909. The first-order chi connectivity index (χ1) is 7.17. The molecule has 0 bridgehead atoms. The molecule has 1 aliphatic rings. The Morgan fingerprint density at radius 2 is 1.73 bits per heavy atom. The van der Waals surface area contributed by atoms with Crippen LogP contribution in [0.3, 0.4) is 0 Å². The van der Waals surface area contributed by atoms with Gasteiger partial charge in [0.25, 0.3) is 0 Å². The number of ether oxygens (including phenoxy) is 1. The molecule has 1 saturated heterocycles. The van der Waals surface area contributed by atoms with E-state index in [4.69, 9.17) is 4.74 Å². The zero-order valence-electron chi connectivity index (χ0n) is 10.0. The van der Waals surface area contributed by atoms with E-state index in [1.54, 1.807) is 4.90 Å². The monoisotopic (exact) mass is 214 g/mol. The highest BCUT2D eigenvalue weighted by Crippen LogP contribution is 2.08. The molecule has 1 heterocycles. The average molecular weight is 214 g/mol. The Bertz CT molecular complexity index is 197. The van der Waals surface area contributed by atoms with Gasteiger partial charge >= 0.3 is 6.09 Å². The van der Waals surface area contributed by atoms with Crippen molar-refractivity contribution in [3.63, 3.8) is 0 Å².